The molecule has 1 aromatic carbocycles. The molecule has 1 aromatic rings. The fourth-order valence-corrected chi connectivity index (χ4v) is 1.94. The van der Waals surface area contributed by atoms with E-state index in [1.807, 2.05) is 0 Å². The molecular weight excluding hydrogens is 278 g/mol. The molecule has 0 saturated heterocycles. The first kappa shape index (κ1) is 14.4. The van der Waals surface area contributed by atoms with Crippen LogP contribution in [0.4, 0.5) is 11.4 Å². The third-order valence-corrected chi connectivity index (χ3v) is 2.91. The molecule has 1 heterocycles. The fraction of sp³-hybridized carbons (Fsp3) is 0.154. The second-order valence-electron chi connectivity index (χ2n) is 4.27. The molecule has 0 aromatic heterocycles. The first-order valence-corrected chi connectivity index (χ1v) is 5.98. The van der Waals surface area contributed by atoms with Crippen molar-refractivity contribution < 1.29 is 19.3 Å². The number of nitro benzene ring substituents is 1. The van der Waals surface area contributed by atoms with Crippen LogP contribution in [-0.4, -0.2) is 35.6 Å². The van der Waals surface area contributed by atoms with Gasteiger partial charge in [0.05, 0.1) is 16.2 Å². The number of ketones is 1. The lowest BCUT2D eigenvalue weighted by molar-refractivity contribution is -0.384. The van der Waals surface area contributed by atoms with E-state index < -0.39 is 22.5 Å². The van der Waals surface area contributed by atoms with E-state index in [-0.39, 0.29) is 30.0 Å². The summed E-state index contributed by atoms with van der Waals surface area (Å²) in [5.41, 5.74) is -0.150. The zero-order chi connectivity index (χ0) is 15.6. The third kappa shape index (κ3) is 2.64. The Morgan fingerprint density at radius 1 is 1.43 bits per heavy atom. The van der Waals surface area contributed by atoms with Crippen LogP contribution in [0.25, 0.3) is 0 Å². The van der Waals surface area contributed by atoms with Crippen molar-refractivity contribution in [3.05, 3.63) is 46.5 Å². The molecule has 1 aliphatic heterocycles. The number of nitro groups is 1. The summed E-state index contributed by atoms with van der Waals surface area (Å²) >= 11 is 0. The Hall–Kier alpha value is -3.03. The summed E-state index contributed by atoms with van der Waals surface area (Å²) in [5, 5.41) is 13.2. The number of fused-ring (bicyclic) bond motifs is 1. The summed E-state index contributed by atoms with van der Waals surface area (Å²) in [6, 6.07) is 3.51. The zero-order valence-electron chi connectivity index (χ0n) is 10.9. The van der Waals surface area contributed by atoms with E-state index in [1.54, 1.807) is 0 Å². The largest absolute Gasteiger partial charge is 0.351 e. The van der Waals surface area contributed by atoms with Gasteiger partial charge in [0, 0.05) is 18.7 Å². The molecule has 0 unspecified atom stereocenters. The number of anilines is 1. The lowest BCUT2D eigenvalue weighted by Gasteiger charge is -2.15. The maximum atomic E-state index is 11.9. The van der Waals surface area contributed by atoms with Gasteiger partial charge in [-0.25, -0.2) is 0 Å². The maximum absolute atomic E-state index is 11.9. The van der Waals surface area contributed by atoms with Gasteiger partial charge in [0.1, 0.15) is 6.54 Å². The highest BCUT2D eigenvalue weighted by molar-refractivity contribution is 6.52. The number of Topliss-reactive ketones (excluding diaryl/α,β-unsaturated/α-hetero) is 1. The number of non-ortho nitro benzene ring substituents is 1. The Balaban J connectivity index is 2.29. The molecule has 0 atom stereocenters. The van der Waals surface area contributed by atoms with Gasteiger partial charge in [-0.05, 0) is 6.07 Å². The maximum Gasteiger partial charge on any atom is 0.299 e. The van der Waals surface area contributed by atoms with Gasteiger partial charge in [0.25, 0.3) is 17.4 Å². The molecule has 2 amide bonds. The Kier molecular flexibility index (Phi) is 3.79. The summed E-state index contributed by atoms with van der Waals surface area (Å²) in [5.74, 6) is -2.19. The summed E-state index contributed by atoms with van der Waals surface area (Å²) in [6.45, 7) is 3.35. The van der Waals surface area contributed by atoms with E-state index in [0.717, 1.165) is 11.0 Å². The minimum absolute atomic E-state index is 0.0641. The summed E-state index contributed by atoms with van der Waals surface area (Å²) in [6.07, 6.45) is 1.48. The van der Waals surface area contributed by atoms with E-state index in [0.29, 0.717) is 0 Å². The quantitative estimate of drug-likeness (QED) is 0.366. The molecule has 0 spiro atoms. The van der Waals surface area contributed by atoms with Crippen LogP contribution in [-0.2, 0) is 9.59 Å². The van der Waals surface area contributed by atoms with Crippen LogP contribution in [0.5, 0.6) is 0 Å². The van der Waals surface area contributed by atoms with Crippen molar-refractivity contribution in [2.24, 2.45) is 0 Å². The van der Waals surface area contributed by atoms with Crippen LogP contribution in [0.1, 0.15) is 10.4 Å². The minimum atomic E-state index is -0.876. The molecule has 0 radical (unpaired) electrons. The molecule has 8 heteroatoms. The molecule has 0 fully saturated rings. The topological polar surface area (TPSA) is 110 Å². The third-order valence-electron chi connectivity index (χ3n) is 2.91. The van der Waals surface area contributed by atoms with Gasteiger partial charge in [0.15, 0.2) is 0 Å². The average molecular weight is 289 g/mol. The highest BCUT2D eigenvalue weighted by Gasteiger charge is 2.37. The number of hydrogen-bond acceptors (Lipinski definition) is 5. The van der Waals surface area contributed by atoms with E-state index in [4.69, 9.17) is 0 Å². The predicted octanol–water partition coefficient (Wildman–Crippen LogP) is 0.426. The van der Waals surface area contributed by atoms with E-state index >= 15 is 0 Å². The fourth-order valence-electron chi connectivity index (χ4n) is 1.94. The lowest BCUT2D eigenvalue weighted by atomic mass is 10.1. The number of hydrogen-bond donors (Lipinski definition) is 1. The number of nitrogens with zero attached hydrogens (tertiary/aromatic N) is 2. The van der Waals surface area contributed by atoms with Crippen molar-refractivity contribution in [3.8, 4) is 0 Å². The van der Waals surface area contributed by atoms with Gasteiger partial charge in [-0.2, -0.15) is 0 Å². The minimum Gasteiger partial charge on any atom is -0.351 e. The summed E-state index contributed by atoms with van der Waals surface area (Å²) in [4.78, 5) is 46.3. The monoisotopic (exact) mass is 289 g/mol. The van der Waals surface area contributed by atoms with Gasteiger partial charge in [-0.3, -0.25) is 29.4 Å². The number of carbonyl (C=O) groups is 3. The SMILES string of the molecule is C=CCNC(=O)CN1C(=O)C(=O)c2cc([N+](=O)[O-])ccc21. The first-order valence-electron chi connectivity index (χ1n) is 5.98. The van der Waals surface area contributed by atoms with Crippen LogP contribution >= 0.6 is 0 Å². The Labute approximate surface area is 119 Å². The van der Waals surface area contributed by atoms with Crippen molar-refractivity contribution in [1.29, 1.82) is 0 Å². The van der Waals surface area contributed by atoms with Crippen LogP contribution in [0, 0.1) is 10.1 Å². The molecule has 21 heavy (non-hydrogen) atoms. The van der Waals surface area contributed by atoms with Crippen molar-refractivity contribution >= 4 is 29.0 Å². The van der Waals surface area contributed by atoms with Gasteiger partial charge in [-0.15, -0.1) is 6.58 Å². The predicted molar refractivity (Wildman–Crippen MR) is 73.0 cm³/mol. The van der Waals surface area contributed by atoms with E-state index in [2.05, 4.69) is 11.9 Å². The number of amides is 2. The number of benzene rings is 1. The molecule has 1 N–H and O–H groups in total. The molecule has 0 saturated carbocycles. The Morgan fingerprint density at radius 3 is 2.76 bits per heavy atom. The average Bonchev–Trinajstić information content (AvgIpc) is 2.70. The highest BCUT2D eigenvalue weighted by Crippen LogP contribution is 2.31. The molecule has 0 bridgehead atoms. The van der Waals surface area contributed by atoms with Gasteiger partial charge in [-0.1, -0.05) is 6.08 Å². The van der Waals surface area contributed by atoms with Gasteiger partial charge >= 0.3 is 0 Å². The normalized spacial score (nSPS) is 13.0. The lowest BCUT2D eigenvalue weighted by Crippen LogP contribution is -2.40. The molecule has 1 aliphatic rings. The summed E-state index contributed by atoms with van der Waals surface area (Å²) < 4.78 is 0. The van der Waals surface area contributed by atoms with Crippen LogP contribution in [0.15, 0.2) is 30.9 Å². The van der Waals surface area contributed by atoms with E-state index in [9.17, 15) is 24.5 Å². The first-order chi connectivity index (χ1) is 9.95. The molecular formula is C13H11N3O5. The second-order valence-corrected chi connectivity index (χ2v) is 4.27. The standard InChI is InChI=1S/C13H11N3O5/c1-2-5-14-11(17)7-15-10-4-3-8(16(20)21)6-9(10)12(18)13(15)19/h2-4,6H,1,5,7H2,(H,14,17). The molecule has 8 nitrogen and oxygen atoms in total. The van der Waals surface area contributed by atoms with Crippen LogP contribution in [0.2, 0.25) is 0 Å². The van der Waals surface area contributed by atoms with Crippen LogP contribution < -0.4 is 10.2 Å². The van der Waals surface area contributed by atoms with E-state index in [1.165, 1.54) is 18.2 Å². The van der Waals surface area contributed by atoms with Gasteiger partial charge in [0.2, 0.25) is 5.91 Å². The van der Waals surface area contributed by atoms with Gasteiger partial charge < -0.3 is 5.32 Å². The van der Waals surface area contributed by atoms with Crippen molar-refractivity contribution in [1.82, 2.24) is 5.32 Å². The smallest absolute Gasteiger partial charge is 0.299 e. The van der Waals surface area contributed by atoms with Crippen molar-refractivity contribution in [2.45, 2.75) is 0 Å². The Morgan fingerprint density at radius 2 is 2.14 bits per heavy atom. The zero-order valence-corrected chi connectivity index (χ0v) is 10.9. The number of rotatable bonds is 5. The molecule has 108 valence electrons. The second kappa shape index (κ2) is 5.53. The molecule has 0 aliphatic carbocycles. The van der Waals surface area contributed by atoms with Crippen molar-refractivity contribution in [2.75, 3.05) is 18.0 Å². The number of carbonyl (C=O) groups excluding carboxylic acids is 3. The van der Waals surface area contributed by atoms with Crippen LogP contribution in [0.3, 0.4) is 0 Å². The molecule has 2 rings (SSSR count). The highest BCUT2D eigenvalue weighted by atomic mass is 16.6. The summed E-state index contributed by atoms with van der Waals surface area (Å²) in [7, 11) is 0. The number of nitrogens with one attached hydrogen (secondary N) is 1. The van der Waals surface area contributed by atoms with Crippen molar-refractivity contribution in [3.63, 3.8) is 0 Å². The Bertz CT molecular complexity index is 668.